The van der Waals surface area contributed by atoms with Gasteiger partial charge in [-0.3, -0.25) is 4.57 Å². The second-order valence-corrected chi connectivity index (χ2v) is 6.52. The van der Waals surface area contributed by atoms with Crippen molar-refractivity contribution in [3.63, 3.8) is 0 Å². The minimum atomic E-state index is -4.98. The summed E-state index contributed by atoms with van der Waals surface area (Å²) in [6, 6.07) is 0. The van der Waals surface area contributed by atoms with E-state index in [1.54, 1.807) is 0 Å². The first-order valence-electron chi connectivity index (χ1n) is 6.15. The molecule has 5 atom stereocenters. The molecule has 0 radical (unpaired) electrons. The van der Waals surface area contributed by atoms with Crippen molar-refractivity contribution < 1.29 is 39.5 Å². The molecule has 0 saturated carbocycles. The van der Waals surface area contributed by atoms with Crippen molar-refractivity contribution in [1.82, 2.24) is 9.97 Å². The van der Waals surface area contributed by atoms with E-state index in [2.05, 4.69) is 15.3 Å². The normalized spacial score (nSPS) is 29.4. The largest absolute Gasteiger partial charge is 0.492 e. The average Bonchev–Trinajstić information content (AvgIpc) is 2.70. The summed E-state index contributed by atoms with van der Waals surface area (Å²) in [5.74, 6) is -3.57. The smallest absolute Gasteiger partial charge is 0.356 e. The molecule has 23 heavy (non-hydrogen) atoms. The molecular formula is C9H16N5O8P. The maximum atomic E-state index is 11.0. The van der Waals surface area contributed by atoms with Gasteiger partial charge in [0.15, 0.2) is 17.9 Å². The quantitative estimate of drug-likeness (QED) is 0.241. The van der Waals surface area contributed by atoms with Crippen LogP contribution in [0.3, 0.4) is 0 Å². The van der Waals surface area contributed by atoms with Crippen LogP contribution in [0.5, 0.6) is 5.88 Å². The number of aliphatic hydroxyl groups excluding tert-OH is 3. The van der Waals surface area contributed by atoms with Crippen LogP contribution in [0, 0.1) is 0 Å². The molecule has 1 aliphatic rings. The van der Waals surface area contributed by atoms with Gasteiger partial charge in [0.2, 0.25) is 11.8 Å². The number of aromatic nitrogens is 2. The number of anilines is 3. The molecule has 14 heteroatoms. The minimum absolute atomic E-state index is 0.238. The van der Waals surface area contributed by atoms with E-state index in [9.17, 15) is 25.0 Å². The monoisotopic (exact) mass is 353 g/mol. The Kier molecular flexibility index (Phi) is 4.64. The van der Waals surface area contributed by atoms with E-state index in [0.29, 0.717) is 0 Å². The fourth-order valence-corrected chi connectivity index (χ4v) is 2.61. The number of nitrogens with one attached hydrogen (secondary N) is 1. The third kappa shape index (κ3) is 3.45. The molecule has 2 rings (SSSR count). The van der Waals surface area contributed by atoms with E-state index in [1.165, 1.54) is 0 Å². The predicted octanol–water partition coefficient (Wildman–Crippen LogP) is -3.30. The maximum Gasteiger partial charge on any atom is 0.356 e. The summed E-state index contributed by atoms with van der Waals surface area (Å²) in [6.07, 6.45) is -6.69. The zero-order chi connectivity index (χ0) is 17.5. The maximum absolute atomic E-state index is 11.0. The average molecular weight is 353 g/mol. The van der Waals surface area contributed by atoms with Gasteiger partial charge in [-0.05, 0) is 0 Å². The van der Waals surface area contributed by atoms with Gasteiger partial charge < -0.3 is 51.7 Å². The molecule has 130 valence electrons. The van der Waals surface area contributed by atoms with Crippen LogP contribution < -0.4 is 16.8 Å². The summed E-state index contributed by atoms with van der Waals surface area (Å²) in [5, 5.41) is 40.9. The topological polar surface area (TPSA) is 238 Å². The van der Waals surface area contributed by atoms with Crippen molar-refractivity contribution >= 4 is 25.0 Å². The highest BCUT2D eigenvalue weighted by molar-refractivity contribution is 7.52. The van der Waals surface area contributed by atoms with Crippen LogP contribution in [-0.2, 0) is 9.30 Å². The fourth-order valence-electron chi connectivity index (χ4n) is 1.98. The first-order valence-corrected chi connectivity index (χ1v) is 7.84. The first kappa shape index (κ1) is 17.6. The van der Waals surface area contributed by atoms with Gasteiger partial charge in [-0.15, -0.1) is 0 Å². The highest BCUT2D eigenvalue weighted by Gasteiger charge is 2.51. The van der Waals surface area contributed by atoms with Gasteiger partial charge in [0.05, 0.1) is 0 Å². The second-order valence-electron chi connectivity index (χ2n) is 4.82. The lowest BCUT2D eigenvalue weighted by atomic mass is 10.1. The van der Waals surface area contributed by atoms with Crippen LogP contribution in [0.2, 0.25) is 0 Å². The molecular weight excluding hydrogens is 337 g/mol. The number of aliphatic hydroxyl groups is 3. The lowest BCUT2D eigenvalue weighted by Crippen LogP contribution is -2.39. The summed E-state index contributed by atoms with van der Waals surface area (Å²) in [7, 11) is -4.98. The number of nitrogens with zero attached hydrogens (tertiary/aromatic N) is 2. The second kappa shape index (κ2) is 6.05. The summed E-state index contributed by atoms with van der Waals surface area (Å²) in [4.78, 5) is 24.9. The number of nitrogen functional groups attached to an aromatic ring is 2. The molecule has 2 heterocycles. The van der Waals surface area contributed by atoms with Crippen LogP contribution in [0.25, 0.3) is 0 Å². The molecule has 2 unspecified atom stereocenters. The molecule has 1 aromatic rings. The van der Waals surface area contributed by atoms with Crippen molar-refractivity contribution in [3.05, 3.63) is 0 Å². The standard InChI is InChI=1S/C9H16N5O8P/c10-1-5(13-9(11)14-6(1)17)12-7-3(16)2(15)4(22-7)8(18)23(19,20)21/h2-4,7-8,15-16,18H,10H2,(H2,19,20,21)(H4,11,12,13,14,17)/t2-,3+,4-,7?,8?/m0/s1. The molecule has 0 spiro atoms. The van der Waals surface area contributed by atoms with Crippen molar-refractivity contribution in [1.29, 1.82) is 0 Å². The van der Waals surface area contributed by atoms with Crippen LogP contribution in [0.15, 0.2) is 0 Å². The summed E-state index contributed by atoms with van der Waals surface area (Å²) < 4.78 is 16.1. The number of aromatic hydroxyl groups is 1. The van der Waals surface area contributed by atoms with E-state index < -0.39 is 43.9 Å². The molecule has 1 saturated heterocycles. The summed E-state index contributed by atoms with van der Waals surface area (Å²) in [6.45, 7) is 0. The molecule has 1 aliphatic heterocycles. The van der Waals surface area contributed by atoms with Crippen LogP contribution in [0.1, 0.15) is 0 Å². The highest BCUT2D eigenvalue weighted by atomic mass is 31.2. The van der Waals surface area contributed by atoms with Crippen molar-refractivity contribution in [2.45, 2.75) is 30.4 Å². The summed E-state index contributed by atoms with van der Waals surface area (Å²) in [5.41, 5.74) is 10.5. The molecule has 1 aromatic heterocycles. The van der Waals surface area contributed by atoms with E-state index in [4.69, 9.17) is 26.0 Å². The molecule has 0 amide bonds. The number of nitrogens with two attached hydrogens (primary N) is 2. The number of ether oxygens (including phenoxy) is 1. The van der Waals surface area contributed by atoms with Gasteiger partial charge in [0, 0.05) is 0 Å². The highest BCUT2D eigenvalue weighted by Crippen LogP contribution is 2.45. The Bertz CT molecular complexity index is 641. The molecule has 0 bridgehead atoms. The zero-order valence-electron chi connectivity index (χ0n) is 11.4. The van der Waals surface area contributed by atoms with Crippen molar-refractivity contribution in [3.8, 4) is 5.88 Å². The molecule has 0 aromatic carbocycles. The third-order valence-corrected chi connectivity index (χ3v) is 4.14. The third-order valence-electron chi connectivity index (χ3n) is 3.16. The Hall–Kier alpha value is -1.73. The van der Waals surface area contributed by atoms with E-state index in [1.807, 2.05) is 0 Å². The fraction of sp³-hybridized carbons (Fsp3) is 0.556. The Labute approximate surface area is 128 Å². The zero-order valence-corrected chi connectivity index (χ0v) is 12.3. The predicted molar refractivity (Wildman–Crippen MR) is 74.9 cm³/mol. The Balaban J connectivity index is 2.21. The minimum Gasteiger partial charge on any atom is -0.492 e. The Morgan fingerprint density at radius 2 is 1.83 bits per heavy atom. The number of hydrogen-bond acceptors (Lipinski definition) is 11. The van der Waals surface area contributed by atoms with E-state index >= 15 is 0 Å². The van der Waals surface area contributed by atoms with E-state index in [0.717, 1.165) is 0 Å². The van der Waals surface area contributed by atoms with Gasteiger partial charge in [0.1, 0.15) is 24.0 Å². The van der Waals surface area contributed by atoms with Crippen LogP contribution in [0.4, 0.5) is 17.5 Å². The van der Waals surface area contributed by atoms with E-state index in [-0.39, 0.29) is 17.5 Å². The number of hydrogen-bond donors (Lipinski definition) is 9. The Morgan fingerprint density at radius 1 is 1.22 bits per heavy atom. The van der Waals surface area contributed by atoms with Crippen molar-refractivity contribution in [2.24, 2.45) is 0 Å². The summed E-state index contributed by atoms with van der Waals surface area (Å²) >= 11 is 0. The van der Waals surface area contributed by atoms with Gasteiger partial charge in [-0.1, -0.05) is 0 Å². The molecule has 1 fully saturated rings. The van der Waals surface area contributed by atoms with Crippen molar-refractivity contribution in [2.75, 3.05) is 16.8 Å². The molecule has 13 nitrogen and oxygen atoms in total. The molecule has 0 aliphatic carbocycles. The first-order chi connectivity index (χ1) is 10.5. The lowest BCUT2D eigenvalue weighted by molar-refractivity contribution is -0.0386. The van der Waals surface area contributed by atoms with Crippen LogP contribution in [-0.4, -0.2) is 70.6 Å². The number of rotatable bonds is 4. The Morgan fingerprint density at radius 3 is 2.39 bits per heavy atom. The van der Waals surface area contributed by atoms with Crippen LogP contribution >= 0.6 is 7.60 Å². The van der Waals surface area contributed by atoms with Gasteiger partial charge >= 0.3 is 7.60 Å². The van der Waals surface area contributed by atoms with Gasteiger partial charge in [-0.2, -0.15) is 9.97 Å². The van der Waals surface area contributed by atoms with Gasteiger partial charge in [-0.25, -0.2) is 0 Å². The van der Waals surface area contributed by atoms with Gasteiger partial charge in [0.25, 0.3) is 0 Å². The SMILES string of the molecule is Nc1nc(O)c(N)c(NC2O[C@H](C(O)P(=O)(O)O)[C@@H](O)[C@H]2O)n1. The lowest BCUT2D eigenvalue weighted by Gasteiger charge is -2.21. The molecule has 11 N–H and O–H groups in total.